The van der Waals surface area contributed by atoms with Gasteiger partial charge in [-0.25, -0.2) is 0 Å². The third kappa shape index (κ3) is 4.23. The summed E-state index contributed by atoms with van der Waals surface area (Å²) < 4.78 is 11.0. The van der Waals surface area contributed by atoms with Crippen LogP contribution in [-0.2, 0) is 4.79 Å². The van der Waals surface area contributed by atoms with E-state index in [4.69, 9.17) is 33.3 Å². The van der Waals surface area contributed by atoms with E-state index in [9.17, 15) is 4.79 Å². The highest BCUT2D eigenvalue weighted by Gasteiger charge is 2.32. The number of halogens is 1. The molecular weight excluding hydrogens is 384 g/mol. The predicted octanol–water partition coefficient (Wildman–Crippen LogP) is 4.40. The maximum Gasteiger partial charge on any atom is 0.281 e. The van der Waals surface area contributed by atoms with Gasteiger partial charge in [0.25, 0.3) is 5.91 Å². The molecule has 1 heterocycles. The topological polar surface area (TPSA) is 50.8 Å². The van der Waals surface area contributed by atoms with Crippen LogP contribution in [0.1, 0.15) is 18.9 Å². The minimum atomic E-state index is -0.243. The van der Waals surface area contributed by atoms with E-state index in [1.165, 1.54) is 4.90 Å². The molecule has 3 rings (SSSR count). The predicted molar refractivity (Wildman–Crippen MR) is 111 cm³/mol. The second-order valence-electron chi connectivity index (χ2n) is 5.87. The van der Waals surface area contributed by atoms with Crippen LogP contribution in [0, 0.1) is 0 Å². The molecule has 7 heteroatoms. The molecule has 0 unspecified atom stereocenters. The number of hydrogen-bond donors (Lipinski definition) is 1. The van der Waals surface area contributed by atoms with Crippen molar-refractivity contribution in [2.24, 2.45) is 0 Å². The first-order chi connectivity index (χ1) is 13.0. The van der Waals surface area contributed by atoms with E-state index < -0.39 is 0 Å². The molecule has 0 aliphatic carbocycles. The Morgan fingerprint density at radius 1 is 1.22 bits per heavy atom. The number of methoxy groups -OCH3 is 1. The Kier molecular flexibility index (Phi) is 5.98. The molecule has 1 fully saturated rings. The molecule has 27 heavy (non-hydrogen) atoms. The molecule has 0 atom stereocenters. The van der Waals surface area contributed by atoms with Gasteiger partial charge >= 0.3 is 0 Å². The molecule has 0 saturated carbocycles. The summed E-state index contributed by atoms with van der Waals surface area (Å²) in [6.45, 7) is 2.65. The number of anilines is 1. The lowest BCUT2D eigenvalue weighted by atomic mass is 10.1. The number of hydrogen-bond acceptors (Lipinski definition) is 4. The number of carbonyl (C=O) groups is 1. The fraction of sp³-hybridized carbons (Fsp3) is 0.200. The highest BCUT2D eigenvalue weighted by Crippen LogP contribution is 2.30. The zero-order chi connectivity index (χ0) is 19.4. The molecule has 2 aromatic rings. The fourth-order valence-electron chi connectivity index (χ4n) is 2.66. The third-order valence-electron chi connectivity index (χ3n) is 3.90. The van der Waals surface area contributed by atoms with Crippen molar-refractivity contribution in [3.05, 3.63) is 58.7 Å². The Labute approximate surface area is 168 Å². The minimum Gasteiger partial charge on any atom is -0.493 e. The lowest BCUT2D eigenvalue weighted by Gasteiger charge is -2.14. The molecule has 1 amide bonds. The Hall–Kier alpha value is -2.57. The van der Waals surface area contributed by atoms with Crippen molar-refractivity contribution in [2.75, 3.05) is 18.6 Å². The number of amides is 1. The largest absolute Gasteiger partial charge is 0.493 e. The number of nitrogens with zero attached hydrogens (tertiary/aromatic N) is 1. The molecule has 1 aliphatic rings. The van der Waals surface area contributed by atoms with E-state index in [-0.39, 0.29) is 5.91 Å². The van der Waals surface area contributed by atoms with Gasteiger partial charge in [0.15, 0.2) is 16.6 Å². The molecule has 2 aromatic carbocycles. The van der Waals surface area contributed by atoms with E-state index in [2.05, 4.69) is 5.32 Å². The van der Waals surface area contributed by atoms with Crippen molar-refractivity contribution in [3.8, 4) is 11.5 Å². The van der Waals surface area contributed by atoms with E-state index in [1.807, 2.05) is 25.1 Å². The van der Waals surface area contributed by atoms with Gasteiger partial charge in [0, 0.05) is 5.02 Å². The van der Waals surface area contributed by atoms with Crippen LogP contribution in [-0.4, -0.2) is 24.7 Å². The number of carbonyl (C=O) groups excluding carboxylic acids is 1. The average molecular weight is 403 g/mol. The van der Waals surface area contributed by atoms with Gasteiger partial charge in [0.1, 0.15) is 5.70 Å². The summed E-state index contributed by atoms with van der Waals surface area (Å²) in [5, 5.41) is 3.80. The molecule has 1 saturated heterocycles. The molecule has 0 bridgehead atoms. The number of ether oxygens (including phenoxy) is 2. The van der Waals surface area contributed by atoms with Gasteiger partial charge in [-0.1, -0.05) is 30.7 Å². The first-order valence-corrected chi connectivity index (χ1v) is 9.25. The first kappa shape index (κ1) is 19.2. The summed E-state index contributed by atoms with van der Waals surface area (Å²) in [4.78, 5) is 14.2. The number of nitrogens with one attached hydrogen (secondary N) is 1. The maximum absolute atomic E-state index is 12.8. The fourth-order valence-corrected chi connectivity index (χ4v) is 3.14. The van der Waals surface area contributed by atoms with Gasteiger partial charge in [-0.15, -0.1) is 0 Å². The highest BCUT2D eigenvalue weighted by molar-refractivity contribution is 7.80. The van der Waals surface area contributed by atoms with Crippen LogP contribution in [0.3, 0.4) is 0 Å². The molecule has 0 spiro atoms. The van der Waals surface area contributed by atoms with Crippen LogP contribution in [0.15, 0.2) is 48.2 Å². The van der Waals surface area contributed by atoms with Gasteiger partial charge in [0.2, 0.25) is 0 Å². The lowest BCUT2D eigenvalue weighted by molar-refractivity contribution is -0.113. The number of thiocarbonyl (C=S) groups is 1. The van der Waals surface area contributed by atoms with Gasteiger partial charge in [0.05, 0.1) is 19.4 Å². The quantitative estimate of drug-likeness (QED) is 0.573. The second-order valence-corrected chi connectivity index (χ2v) is 6.69. The van der Waals surface area contributed by atoms with Crippen molar-refractivity contribution in [2.45, 2.75) is 13.3 Å². The van der Waals surface area contributed by atoms with Crippen molar-refractivity contribution in [1.29, 1.82) is 0 Å². The van der Waals surface area contributed by atoms with Crippen molar-refractivity contribution in [3.63, 3.8) is 0 Å². The molecular formula is C20H19ClN2O3S. The summed E-state index contributed by atoms with van der Waals surface area (Å²) in [6, 6.07) is 12.5. The molecule has 1 N–H and O–H groups in total. The summed E-state index contributed by atoms with van der Waals surface area (Å²) in [6.07, 6.45) is 2.63. The van der Waals surface area contributed by atoms with Gasteiger partial charge in [-0.05, 0) is 60.6 Å². The van der Waals surface area contributed by atoms with Crippen LogP contribution in [0.4, 0.5) is 5.69 Å². The third-order valence-corrected chi connectivity index (χ3v) is 4.42. The Morgan fingerprint density at radius 3 is 2.74 bits per heavy atom. The number of benzene rings is 2. The molecule has 0 aromatic heterocycles. The van der Waals surface area contributed by atoms with Crippen LogP contribution in [0.25, 0.3) is 6.08 Å². The Bertz CT molecular complexity index is 914. The van der Waals surface area contributed by atoms with Crippen LogP contribution in [0.2, 0.25) is 5.02 Å². The van der Waals surface area contributed by atoms with Gasteiger partial charge < -0.3 is 14.8 Å². The zero-order valence-corrected chi connectivity index (χ0v) is 16.6. The maximum atomic E-state index is 12.8. The van der Waals surface area contributed by atoms with Crippen molar-refractivity contribution in [1.82, 2.24) is 5.32 Å². The molecule has 140 valence electrons. The van der Waals surface area contributed by atoms with E-state index in [0.717, 1.165) is 12.0 Å². The van der Waals surface area contributed by atoms with E-state index in [1.54, 1.807) is 37.5 Å². The minimum absolute atomic E-state index is 0.243. The van der Waals surface area contributed by atoms with Gasteiger partial charge in [-0.3, -0.25) is 9.69 Å². The van der Waals surface area contributed by atoms with E-state index >= 15 is 0 Å². The first-order valence-electron chi connectivity index (χ1n) is 8.47. The molecule has 0 radical (unpaired) electrons. The molecule has 5 nitrogen and oxygen atoms in total. The Morgan fingerprint density at radius 2 is 2.04 bits per heavy atom. The van der Waals surface area contributed by atoms with Crippen LogP contribution < -0.4 is 19.7 Å². The molecule has 1 aliphatic heterocycles. The monoisotopic (exact) mass is 402 g/mol. The standard InChI is InChI=1S/C20H19ClN2O3S/c1-3-9-26-17-8-7-13(11-18(17)25-2)10-16-19(24)23(20(27)22-16)15-6-4-5-14(21)12-15/h4-8,10-12H,3,9H2,1-2H3,(H,22,27)/b16-10-. The lowest BCUT2D eigenvalue weighted by Crippen LogP contribution is -2.30. The average Bonchev–Trinajstić information content (AvgIpc) is 2.93. The number of rotatable bonds is 6. The van der Waals surface area contributed by atoms with Gasteiger partial charge in [-0.2, -0.15) is 0 Å². The van der Waals surface area contributed by atoms with E-state index in [0.29, 0.717) is 39.6 Å². The van der Waals surface area contributed by atoms with Crippen LogP contribution >= 0.6 is 23.8 Å². The second kappa shape index (κ2) is 8.41. The summed E-state index contributed by atoms with van der Waals surface area (Å²) in [7, 11) is 1.58. The van der Waals surface area contributed by atoms with Crippen molar-refractivity contribution < 1.29 is 14.3 Å². The summed E-state index contributed by atoms with van der Waals surface area (Å²) in [5.41, 5.74) is 1.79. The zero-order valence-electron chi connectivity index (χ0n) is 15.0. The highest BCUT2D eigenvalue weighted by atomic mass is 35.5. The Balaban J connectivity index is 1.87. The smallest absolute Gasteiger partial charge is 0.281 e. The van der Waals surface area contributed by atoms with Crippen molar-refractivity contribution >= 4 is 46.6 Å². The SMILES string of the molecule is CCCOc1ccc(/C=C2\NC(=S)N(c3cccc(Cl)c3)C2=O)cc1OC. The van der Waals surface area contributed by atoms with Crippen LogP contribution in [0.5, 0.6) is 11.5 Å². The summed E-state index contributed by atoms with van der Waals surface area (Å²) >= 11 is 11.3. The normalized spacial score (nSPS) is 15.2. The summed E-state index contributed by atoms with van der Waals surface area (Å²) in [5.74, 6) is 1.04.